The maximum absolute atomic E-state index is 5.50. The summed E-state index contributed by atoms with van der Waals surface area (Å²) in [5.74, 6) is 1.40. The van der Waals surface area contributed by atoms with Gasteiger partial charge in [-0.25, -0.2) is 4.98 Å². The van der Waals surface area contributed by atoms with E-state index in [9.17, 15) is 0 Å². The number of hydrogen-bond acceptors (Lipinski definition) is 4. The molecule has 0 saturated heterocycles. The fourth-order valence-corrected chi connectivity index (χ4v) is 2.84. The predicted octanol–water partition coefficient (Wildman–Crippen LogP) is 5.59. The first-order chi connectivity index (χ1) is 11.7. The van der Waals surface area contributed by atoms with E-state index < -0.39 is 0 Å². The van der Waals surface area contributed by atoms with Gasteiger partial charge in [0.2, 0.25) is 0 Å². The normalized spacial score (nSPS) is 11.4. The largest absolute Gasteiger partial charge is 0.496 e. The summed E-state index contributed by atoms with van der Waals surface area (Å²) >= 11 is 3.51. The summed E-state index contributed by atoms with van der Waals surface area (Å²) in [4.78, 5) is 3.95. The molecule has 5 heteroatoms. The van der Waals surface area contributed by atoms with Gasteiger partial charge in [-0.05, 0) is 36.8 Å². The van der Waals surface area contributed by atoms with Crippen LogP contribution in [0, 0.1) is 0 Å². The smallest absolute Gasteiger partial charge is 0.181 e. The Hall–Kier alpha value is -2.53. The number of allylic oxidation sites excluding steroid dienone is 1. The molecule has 0 aliphatic carbocycles. The van der Waals surface area contributed by atoms with Gasteiger partial charge in [-0.1, -0.05) is 34.1 Å². The van der Waals surface area contributed by atoms with E-state index in [-0.39, 0.29) is 0 Å². The first-order valence-corrected chi connectivity index (χ1v) is 8.26. The highest BCUT2D eigenvalue weighted by atomic mass is 79.9. The monoisotopic (exact) mass is 384 g/mol. The van der Waals surface area contributed by atoms with Gasteiger partial charge in [-0.3, -0.25) is 0 Å². The van der Waals surface area contributed by atoms with Crippen LogP contribution in [0.2, 0.25) is 0 Å². The minimum Gasteiger partial charge on any atom is -0.496 e. The molecule has 1 aromatic heterocycles. The van der Waals surface area contributed by atoms with Gasteiger partial charge < -0.3 is 14.5 Å². The van der Waals surface area contributed by atoms with Gasteiger partial charge in [0.1, 0.15) is 5.75 Å². The first-order valence-electron chi connectivity index (χ1n) is 7.47. The molecule has 1 N–H and O–H groups in total. The van der Waals surface area contributed by atoms with E-state index in [2.05, 4.69) is 38.4 Å². The van der Waals surface area contributed by atoms with E-state index in [1.807, 2.05) is 43.3 Å². The number of methoxy groups -OCH3 is 1. The highest BCUT2D eigenvalue weighted by Gasteiger charge is 2.11. The molecule has 2 aromatic carbocycles. The van der Waals surface area contributed by atoms with Gasteiger partial charge in [0.25, 0.3) is 0 Å². The maximum Gasteiger partial charge on any atom is 0.181 e. The van der Waals surface area contributed by atoms with Crippen molar-refractivity contribution >= 4 is 27.3 Å². The van der Waals surface area contributed by atoms with Gasteiger partial charge in [-0.15, -0.1) is 0 Å². The maximum atomic E-state index is 5.50. The van der Waals surface area contributed by atoms with Gasteiger partial charge in [0.15, 0.2) is 12.2 Å². The molecule has 3 rings (SSSR count). The zero-order chi connectivity index (χ0) is 16.9. The standard InChI is InChI=1S/C19H17BrN2O2/c1-3-17(13-5-4-6-14(20)9-13)22-15-7-8-16(18(10-15)23-2)19-11-21-12-24-19/h3-12,22H,1-2H3/b17-3+. The summed E-state index contributed by atoms with van der Waals surface area (Å²) in [6.07, 6.45) is 5.12. The minimum atomic E-state index is 0.677. The van der Waals surface area contributed by atoms with E-state index in [0.29, 0.717) is 5.76 Å². The summed E-state index contributed by atoms with van der Waals surface area (Å²) < 4.78 is 11.9. The van der Waals surface area contributed by atoms with Crippen molar-refractivity contribution in [2.75, 3.05) is 12.4 Å². The SMILES string of the molecule is C/C=C(/Nc1ccc(-c2cnco2)c(OC)c1)c1cccc(Br)c1. The number of ether oxygens (including phenoxy) is 1. The van der Waals surface area contributed by atoms with Gasteiger partial charge >= 0.3 is 0 Å². The molecule has 0 aliphatic heterocycles. The van der Waals surface area contributed by atoms with Crippen molar-refractivity contribution in [3.8, 4) is 17.1 Å². The summed E-state index contributed by atoms with van der Waals surface area (Å²) in [5.41, 5.74) is 3.92. The highest BCUT2D eigenvalue weighted by Crippen LogP contribution is 2.33. The molecule has 0 radical (unpaired) electrons. The first kappa shape index (κ1) is 16.3. The number of nitrogens with one attached hydrogen (secondary N) is 1. The Morgan fingerprint density at radius 2 is 2.12 bits per heavy atom. The number of hydrogen-bond donors (Lipinski definition) is 1. The molecule has 0 aliphatic rings. The number of benzene rings is 2. The van der Waals surface area contributed by atoms with Crippen LogP contribution in [0.3, 0.4) is 0 Å². The fourth-order valence-electron chi connectivity index (χ4n) is 2.44. The van der Waals surface area contributed by atoms with Crippen LogP contribution in [0.4, 0.5) is 5.69 Å². The summed E-state index contributed by atoms with van der Waals surface area (Å²) in [5, 5.41) is 3.43. The number of rotatable bonds is 5. The quantitative estimate of drug-likeness (QED) is 0.622. The van der Waals surface area contributed by atoms with Crippen LogP contribution in [0.5, 0.6) is 5.75 Å². The lowest BCUT2D eigenvalue weighted by molar-refractivity contribution is 0.415. The Morgan fingerprint density at radius 1 is 1.25 bits per heavy atom. The number of aromatic nitrogens is 1. The van der Waals surface area contributed by atoms with Crippen molar-refractivity contribution in [2.45, 2.75) is 6.92 Å². The Kier molecular flexibility index (Phi) is 5.01. The Morgan fingerprint density at radius 3 is 2.79 bits per heavy atom. The Bertz CT molecular complexity index is 858. The lowest BCUT2D eigenvalue weighted by atomic mass is 10.1. The van der Waals surface area contributed by atoms with Crippen LogP contribution in [-0.4, -0.2) is 12.1 Å². The van der Waals surface area contributed by atoms with Crippen molar-refractivity contribution in [3.05, 3.63) is 71.2 Å². The van der Waals surface area contributed by atoms with Crippen LogP contribution in [-0.2, 0) is 0 Å². The van der Waals surface area contributed by atoms with E-state index in [4.69, 9.17) is 9.15 Å². The van der Waals surface area contributed by atoms with Crippen LogP contribution < -0.4 is 10.1 Å². The minimum absolute atomic E-state index is 0.677. The van der Waals surface area contributed by atoms with Gasteiger partial charge in [-0.2, -0.15) is 0 Å². The third-order valence-electron chi connectivity index (χ3n) is 3.60. The average Bonchev–Trinajstić information content (AvgIpc) is 3.13. The molecule has 0 amide bonds. The van der Waals surface area contributed by atoms with E-state index in [1.54, 1.807) is 13.3 Å². The zero-order valence-electron chi connectivity index (χ0n) is 13.4. The summed E-state index contributed by atoms with van der Waals surface area (Å²) in [6, 6.07) is 14.0. The molecule has 0 saturated carbocycles. The molecule has 4 nitrogen and oxygen atoms in total. The second-order valence-corrected chi connectivity index (χ2v) is 6.03. The Balaban J connectivity index is 1.90. The Labute approximate surface area is 149 Å². The lowest BCUT2D eigenvalue weighted by Gasteiger charge is -2.14. The van der Waals surface area contributed by atoms with Crippen LogP contribution >= 0.6 is 15.9 Å². The molecule has 0 spiro atoms. The topological polar surface area (TPSA) is 47.3 Å². The number of anilines is 1. The van der Waals surface area contributed by atoms with Gasteiger partial charge in [0, 0.05) is 21.9 Å². The number of halogens is 1. The van der Waals surface area contributed by atoms with E-state index >= 15 is 0 Å². The zero-order valence-corrected chi connectivity index (χ0v) is 15.0. The molecule has 3 aromatic rings. The average molecular weight is 385 g/mol. The van der Waals surface area contributed by atoms with E-state index in [1.165, 1.54) is 6.39 Å². The second kappa shape index (κ2) is 7.36. The molecule has 0 unspecified atom stereocenters. The fraction of sp³-hybridized carbons (Fsp3) is 0.105. The molecule has 122 valence electrons. The lowest BCUT2D eigenvalue weighted by Crippen LogP contribution is -1.99. The van der Waals surface area contributed by atoms with Crippen molar-refractivity contribution in [1.82, 2.24) is 4.98 Å². The molecule has 24 heavy (non-hydrogen) atoms. The van der Waals surface area contributed by atoms with Gasteiger partial charge in [0.05, 0.1) is 18.9 Å². The molecular weight excluding hydrogens is 368 g/mol. The molecule has 1 heterocycles. The molecular formula is C19H17BrN2O2. The number of nitrogens with zero attached hydrogens (tertiary/aromatic N) is 1. The number of oxazole rings is 1. The third-order valence-corrected chi connectivity index (χ3v) is 4.10. The van der Waals surface area contributed by atoms with Crippen LogP contribution in [0.1, 0.15) is 12.5 Å². The van der Waals surface area contributed by atoms with Crippen molar-refractivity contribution < 1.29 is 9.15 Å². The van der Waals surface area contributed by atoms with Crippen LogP contribution in [0.15, 0.2) is 70.0 Å². The second-order valence-electron chi connectivity index (χ2n) is 5.12. The molecule has 0 bridgehead atoms. The van der Waals surface area contributed by atoms with Crippen molar-refractivity contribution in [2.24, 2.45) is 0 Å². The van der Waals surface area contributed by atoms with E-state index in [0.717, 1.165) is 32.7 Å². The van der Waals surface area contributed by atoms with Crippen molar-refractivity contribution in [3.63, 3.8) is 0 Å². The third kappa shape index (κ3) is 3.51. The van der Waals surface area contributed by atoms with Crippen molar-refractivity contribution in [1.29, 1.82) is 0 Å². The molecule has 0 fully saturated rings. The summed E-state index contributed by atoms with van der Waals surface area (Å²) in [6.45, 7) is 2.00. The predicted molar refractivity (Wildman–Crippen MR) is 99.9 cm³/mol. The highest BCUT2D eigenvalue weighted by molar-refractivity contribution is 9.10. The summed E-state index contributed by atoms with van der Waals surface area (Å²) in [7, 11) is 1.64. The molecule has 0 atom stereocenters. The van der Waals surface area contributed by atoms with Crippen LogP contribution in [0.25, 0.3) is 17.0 Å².